The van der Waals surface area contributed by atoms with Crippen LogP contribution in [0.4, 0.5) is 0 Å². The van der Waals surface area contributed by atoms with Gasteiger partial charge in [0.2, 0.25) is 0 Å². The van der Waals surface area contributed by atoms with Crippen LogP contribution in [0.2, 0.25) is 0 Å². The van der Waals surface area contributed by atoms with Crippen LogP contribution in [0.1, 0.15) is 44.4 Å². The summed E-state index contributed by atoms with van der Waals surface area (Å²) in [4.78, 5) is 0. The molecule has 3 rings (SSSR count). The molecule has 1 N–H and O–H groups in total. The van der Waals surface area contributed by atoms with Crippen molar-refractivity contribution in [3.8, 4) is 11.5 Å². The van der Waals surface area contributed by atoms with Crippen LogP contribution in [0.5, 0.6) is 11.5 Å². The van der Waals surface area contributed by atoms with E-state index in [-0.39, 0.29) is 6.04 Å². The number of hydrogen-bond acceptors (Lipinski definition) is 2. The molecule has 0 saturated heterocycles. The van der Waals surface area contributed by atoms with Crippen molar-refractivity contribution in [2.45, 2.75) is 39.3 Å². The summed E-state index contributed by atoms with van der Waals surface area (Å²) in [7, 11) is 0. The van der Waals surface area contributed by atoms with Gasteiger partial charge >= 0.3 is 0 Å². The Labute approximate surface area is 127 Å². The number of benzene rings is 2. The van der Waals surface area contributed by atoms with Gasteiger partial charge in [0, 0.05) is 17.2 Å². The molecule has 0 bridgehead atoms. The van der Waals surface area contributed by atoms with Crippen molar-refractivity contribution < 1.29 is 4.74 Å². The second kappa shape index (κ2) is 5.90. The molecule has 1 aliphatic heterocycles. The highest BCUT2D eigenvalue weighted by Crippen LogP contribution is 2.42. The normalized spacial score (nSPS) is 16.5. The third kappa shape index (κ3) is 2.68. The molecular formula is C19H23NO. The summed E-state index contributed by atoms with van der Waals surface area (Å²) >= 11 is 0. The van der Waals surface area contributed by atoms with Crippen LogP contribution in [0, 0.1) is 5.92 Å². The number of para-hydroxylation sites is 2. The number of hydrogen-bond donors (Lipinski definition) is 1. The van der Waals surface area contributed by atoms with Gasteiger partial charge in [-0.2, -0.15) is 0 Å². The maximum atomic E-state index is 6.04. The Bertz CT molecular complexity index is 577. The second-order valence-corrected chi connectivity index (χ2v) is 5.95. The molecule has 0 saturated carbocycles. The van der Waals surface area contributed by atoms with Crippen molar-refractivity contribution in [3.05, 3.63) is 59.7 Å². The lowest BCUT2D eigenvalue weighted by Gasteiger charge is -2.32. The minimum Gasteiger partial charge on any atom is -0.457 e. The van der Waals surface area contributed by atoms with E-state index in [9.17, 15) is 0 Å². The molecule has 0 spiro atoms. The molecule has 1 heterocycles. The highest BCUT2D eigenvalue weighted by Gasteiger charge is 2.28. The third-order valence-corrected chi connectivity index (χ3v) is 4.61. The van der Waals surface area contributed by atoms with Crippen LogP contribution in [0.3, 0.4) is 0 Å². The minimum absolute atomic E-state index is 0.204. The lowest BCUT2D eigenvalue weighted by Crippen LogP contribution is -2.36. The van der Waals surface area contributed by atoms with E-state index in [0.717, 1.165) is 11.5 Å². The van der Waals surface area contributed by atoms with Crippen molar-refractivity contribution in [2.75, 3.05) is 0 Å². The lowest BCUT2D eigenvalue weighted by atomic mass is 9.92. The van der Waals surface area contributed by atoms with E-state index in [1.165, 1.54) is 17.5 Å². The Morgan fingerprint density at radius 1 is 0.952 bits per heavy atom. The van der Waals surface area contributed by atoms with E-state index in [1.54, 1.807) is 0 Å². The maximum Gasteiger partial charge on any atom is 0.132 e. The summed E-state index contributed by atoms with van der Waals surface area (Å²) in [5.41, 5.74) is 2.46. The number of ether oxygens (including phenoxy) is 1. The van der Waals surface area contributed by atoms with Crippen molar-refractivity contribution >= 4 is 0 Å². The predicted molar refractivity (Wildman–Crippen MR) is 86.9 cm³/mol. The molecule has 0 aliphatic carbocycles. The largest absolute Gasteiger partial charge is 0.457 e. The maximum absolute atomic E-state index is 6.04. The zero-order valence-electron chi connectivity index (χ0n) is 13.0. The molecule has 0 aromatic heterocycles. The van der Waals surface area contributed by atoms with Gasteiger partial charge in [-0.05, 0) is 25.0 Å². The van der Waals surface area contributed by atoms with Crippen LogP contribution in [-0.2, 0) is 0 Å². The van der Waals surface area contributed by atoms with Crippen LogP contribution in [0.15, 0.2) is 48.5 Å². The van der Waals surface area contributed by atoms with E-state index < -0.39 is 0 Å². The van der Waals surface area contributed by atoms with Gasteiger partial charge < -0.3 is 10.1 Å². The van der Waals surface area contributed by atoms with Crippen molar-refractivity contribution in [2.24, 2.45) is 5.92 Å². The summed E-state index contributed by atoms with van der Waals surface area (Å²) < 4.78 is 6.04. The molecule has 2 heteroatoms. The minimum atomic E-state index is 0.204. The van der Waals surface area contributed by atoms with E-state index in [4.69, 9.17) is 4.74 Å². The SMILES string of the molecule is CCC(C)C(C)NC1c2ccccc2Oc2ccccc21. The number of fused-ring (bicyclic) bond motifs is 2. The first-order valence-corrected chi connectivity index (χ1v) is 7.82. The summed E-state index contributed by atoms with van der Waals surface area (Å²) in [6.45, 7) is 6.82. The Balaban J connectivity index is 1.98. The molecule has 2 nitrogen and oxygen atoms in total. The number of rotatable bonds is 4. The van der Waals surface area contributed by atoms with Gasteiger partial charge in [0.1, 0.15) is 11.5 Å². The van der Waals surface area contributed by atoms with Gasteiger partial charge in [0.05, 0.1) is 6.04 Å². The third-order valence-electron chi connectivity index (χ3n) is 4.61. The zero-order chi connectivity index (χ0) is 14.8. The smallest absolute Gasteiger partial charge is 0.132 e. The zero-order valence-corrected chi connectivity index (χ0v) is 13.0. The molecule has 2 aromatic rings. The Kier molecular flexibility index (Phi) is 3.98. The average Bonchev–Trinajstić information content (AvgIpc) is 2.53. The molecular weight excluding hydrogens is 258 g/mol. The molecule has 2 atom stereocenters. The van der Waals surface area contributed by atoms with Crippen LogP contribution >= 0.6 is 0 Å². The second-order valence-electron chi connectivity index (χ2n) is 5.95. The van der Waals surface area contributed by atoms with Gasteiger partial charge in [0.25, 0.3) is 0 Å². The van der Waals surface area contributed by atoms with Gasteiger partial charge in [-0.25, -0.2) is 0 Å². The van der Waals surface area contributed by atoms with Crippen LogP contribution < -0.4 is 10.1 Å². The van der Waals surface area contributed by atoms with E-state index in [2.05, 4.69) is 50.4 Å². The molecule has 21 heavy (non-hydrogen) atoms. The number of nitrogens with one attached hydrogen (secondary N) is 1. The van der Waals surface area contributed by atoms with E-state index in [0.29, 0.717) is 12.0 Å². The van der Waals surface area contributed by atoms with Crippen LogP contribution in [0.25, 0.3) is 0 Å². The quantitative estimate of drug-likeness (QED) is 0.860. The van der Waals surface area contributed by atoms with Crippen molar-refractivity contribution in [3.63, 3.8) is 0 Å². The van der Waals surface area contributed by atoms with Gasteiger partial charge in [0.15, 0.2) is 0 Å². The molecule has 2 unspecified atom stereocenters. The molecule has 0 fully saturated rings. The summed E-state index contributed by atoms with van der Waals surface area (Å²) in [6, 6.07) is 17.3. The monoisotopic (exact) mass is 281 g/mol. The van der Waals surface area contributed by atoms with Gasteiger partial charge in [-0.15, -0.1) is 0 Å². The first kappa shape index (κ1) is 14.2. The fourth-order valence-corrected chi connectivity index (χ4v) is 2.87. The highest BCUT2D eigenvalue weighted by molar-refractivity contribution is 5.52. The topological polar surface area (TPSA) is 21.3 Å². The molecule has 0 amide bonds. The fourth-order valence-electron chi connectivity index (χ4n) is 2.87. The molecule has 110 valence electrons. The highest BCUT2D eigenvalue weighted by atomic mass is 16.5. The molecule has 2 aromatic carbocycles. The fraction of sp³-hybridized carbons (Fsp3) is 0.368. The lowest BCUT2D eigenvalue weighted by molar-refractivity contribution is 0.349. The first-order valence-electron chi connectivity index (χ1n) is 7.82. The summed E-state index contributed by atoms with van der Waals surface area (Å²) in [5, 5.41) is 3.80. The Morgan fingerprint density at radius 2 is 1.48 bits per heavy atom. The van der Waals surface area contributed by atoms with Crippen molar-refractivity contribution in [1.29, 1.82) is 0 Å². The summed E-state index contributed by atoms with van der Waals surface area (Å²) in [6.07, 6.45) is 1.18. The van der Waals surface area contributed by atoms with Gasteiger partial charge in [-0.1, -0.05) is 56.7 Å². The average molecular weight is 281 g/mol. The van der Waals surface area contributed by atoms with E-state index >= 15 is 0 Å². The van der Waals surface area contributed by atoms with Crippen LogP contribution in [-0.4, -0.2) is 6.04 Å². The summed E-state index contributed by atoms with van der Waals surface area (Å²) in [5.74, 6) is 2.57. The Hall–Kier alpha value is -1.80. The van der Waals surface area contributed by atoms with Gasteiger partial charge in [-0.3, -0.25) is 0 Å². The Morgan fingerprint density at radius 3 is 2.00 bits per heavy atom. The predicted octanol–water partition coefficient (Wildman–Crippen LogP) is 4.91. The first-order chi connectivity index (χ1) is 10.2. The van der Waals surface area contributed by atoms with Crippen molar-refractivity contribution in [1.82, 2.24) is 5.32 Å². The standard InChI is InChI=1S/C19H23NO/c1-4-13(2)14(3)20-19-15-9-5-7-11-17(15)21-18-12-8-6-10-16(18)19/h5-14,19-20H,4H2,1-3H3. The molecule has 0 radical (unpaired) electrons. The molecule has 1 aliphatic rings. The van der Waals surface area contributed by atoms with E-state index in [1.807, 2.05) is 24.3 Å².